The lowest BCUT2D eigenvalue weighted by Gasteiger charge is -2.07. The summed E-state index contributed by atoms with van der Waals surface area (Å²) in [4.78, 5) is 13.9. The fraction of sp³-hybridized carbons (Fsp3) is 0.0833. The molecule has 0 atom stereocenters. The van der Waals surface area contributed by atoms with Crippen LogP contribution in [0.1, 0.15) is 5.56 Å². The summed E-state index contributed by atoms with van der Waals surface area (Å²) in [6.45, 7) is 0.253. The summed E-state index contributed by atoms with van der Waals surface area (Å²) in [5.41, 5.74) is 1.16. The smallest absolute Gasteiger partial charge is 0.274 e. The molecule has 0 saturated heterocycles. The number of anilines is 1. The van der Waals surface area contributed by atoms with E-state index in [1.165, 1.54) is 24.4 Å². The number of nitrogens with one attached hydrogen (secondary N) is 1. The normalized spacial score (nSPS) is 10.2. The third-order valence-electron chi connectivity index (χ3n) is 2.45. The lowest BCUT2D eigenvalue weighted by molar-refractivity contribution is -0.385. The fourth-order valence-electron chi connectivity index (χ4n) is 1.55. The number of nitro benzene ring substituents is 1. The van der Waals surface area contributed by atoms with Gasteiger partial charge in [-0.25, -0.2) is 4.98 Å². The Bertz CT molecular complexity index is 604. The van der Waals surface area contributed by atoms with Crippen LogP contribution in [0, 0.1) is 16.1 Å². The predicted octanol–water partition coefficient (Wildman–Crippen LogP) is 3.50. The molecule has 0 amide bonds. The molecule has 1 heterocycles. The fourth-order valence-corrected chi connectivity index (χ4v) is 1.96. The Labute approximate surface area is 116 Å². The first-order chi connectivity index (χ1) is 9.06. The summed E-state index contributed by atoms with van der Waals surface area (Å²) < 4.78 is 13.4. The van der Waals surface area contributed by atoms with Gasteiger partial charge in [-0.15, -0.1) is 0 Å². The Morgan fingerprint density at radius 2 is 2.16 bits per heavy atom. The average Bonchev–Trinajstić information content (AvgIpc) is 2.38. The highest BCUT2D eigenvalue weighted by atomic mass is 79.9. The van der Waals surface area contributed by atoms with Gasteiger partial charge < -0.3 is 5.32 Å². The summed E-state index contributed by atoms with van der Waals surface area (Å²) >= 11 is 3.27. The highest BCUT2D eigenvalue weighted by molar-refractivity contribution is 9.10. The highest BCUT2D eigenvalue weighted by Gasteiger charge is 2.13. The number of aromatic nitrogens is 1. The first-order valence-corrected chi connectivity index (χ1v) is 6.14. The van der Waals surface area contributed by atoms with Gasteiger partial charge in [0.05, 0.1) is 16.8 Å². The van der Waals surface area contributed by atoms with Crippen LogP contribution in [0.3, 0.4) is 0 Å². The van der Waals surface area contributed by atoms with Crippen LogP contribution < -0.4 is 5.32 Å². The second-order valence-electron chi connectivity index (χ2n) is 3.75. The van der Waals surface area contributed by atoms with E-state index in [1.54, 1.807) is 12.1 Å². The van der Waals surface area contributed by atoms with E-state index in [9.17, 15) is 14.5 Å². The summed E-state index contributed by atoms with van der Waals surface area (Å²) in [5.74, 6) is -0.570. The molecule has 0 unspecified atom stereocenters. The molecule has 2 rings (SSSR count). The number of halogens is 2. The number of hydrogen-bond acceptors (Lipinski definition) is 4. The summed E-state index contributed by atoms with van der Waals surface area (Å²) in [6.07, 6.45) is 1.33. The Kier molecular flexibility index (Phi) is 4.06. The number of nitrogens with zero attached hydrogens (tertiary/aromatic N) is 2. The van der Waals surface area contributed by atoms with Gasteiger partial charge in [0.25, 0.3) is 5.69 Å². The molecule has 0 saturated carbocycles. The monoisotopic (exact) mass is 325 g/mol. The number of benzene rings is 1. The SMILES string of the molecule is O=[N+]([O-])c1ccc(Br)cc1CNc1ccc(F)nc1. The molecule has 1 aromatic carbocycles. The minimum atomic E-state index is -0.570. The Hall–Kier alpha value is -2.02. The molecule has 0 aliphatic rings. The van der Waals surface area contributed by atoms with E-state index in [0.717, 1.165) is 4.47 Å². The molecular formula is C12H9BrFN3O2. The van der Waals surface area contributed by atoms with E-state index >= 15 is 0 Å². The van der Waals surface area contributed by atoms with E-state index in [4.69, 9.17) is 0 Å². The van der Waals surface area contributed by atoms with Crippen LogP contribution in [0.2, 0.25) is 0 Å². The zero-order chi connectivity index (χ0) is 13.8. The van der Waals surface area contributed by atoms with Crippen LogP contribution in [0.4, 0.5) is 15.8 Å². The number of pyridine rings is 1. The van der Waals surface area contributed by atoms with Crippen molar-refractivity contribution in [3.8, 4) is 0 Å². The maximum atomic E-state index is 12.6. The van der Waals surface area contributed by atoms with Crippen LogP contribution in [0.25, 0.3) is 0 Å². The Balaban J connectivity index is 2.16. The van der Waals surface area contributed by atoms with Gasteiger partial charge in [-0.2, -0.15) is 4.39 Å². The van der Waals surface area contributed by atoms with Crippen molar-refractivity contribution in [2.24, 2.45) is 0 Å². The molecule has 0 radical (unpaired) electrons. The highest BCUT2D eigenvalue weighted by Crippen LogP contribution is 2.23. The molecule has 0 bridgehead atoms. The number of hydrogen-bond donors (Lipinski definition) is 1. The molecule has 19 heavy (non-hydrogen) atoms. The first kappa shape index (κ1) is 13.4. The maximum Gasteiger partial charge on any atom is 0.274 e. The second-order valence-corrected chi connectivity index (χ2v) is 4.67. The number of nitro groups is 1. The van der Waals surface area contributed by atoms with Gasteiger partial charge in [0, 0.05) is 22.6 Å². The molecule has 1 aromatic heterocycles. The van der Waals surface area contributed by atoms with E-state index in [2.05, 4.69) is 26.2 Å². The zero-order valence-electron chi connectivity index (χ0n) is 9.64. The minimum Gasteiger partial charge on any atom is -0.379 e. The molecule has 2 aromatic rings. The van der Waals surface area contributed by atoms with E-state index < -0.39 is 10.9 Å². The van der Waals surface area contributed by atoms with Gasteiger partial charge in [0.2, 0.25) is 5.95 Å². The predicted molar refractivity (Wildman–Crippen MR) is 72.3 cm³/mol. The van der Waals surface area contributed by atoms with E-state index in [0.29, 0.717) is 11.3 Å². The van der Waals surface area contributed by atoms with Gasteiger partial charge in [0.1, 0.15) is 0 Å². The summed E-state index contributed by atoms with van der Waals surface area (Å²) in [5, 5.41) is 13.8. The van der Waals surface area contributed by atoms with Gasteiger partial charge in [-0.1, -0.05) is 15.9 Å². The molecule has 7 heteroatoms. The van der Waals surface area contributed by atoms with E-state index in [-0.39, 0.29) is 12.2 Å². The van der Waals surface area contributed by atoms with Crippen molar-refractivity contribution in [3.63, 3.8) is 0 Å². The van der Waals surface area contributed by atoms with Crippen molar-refractivity contribution in [2.45, 2.75) is 6.54 Å². The summed E-state index contributed by atoms with van der Waals surface area (Å²) in [7, 11) is 0. The molecule has 5 nitrogen and oxygen atoms in total. The topological polar surface area (TPSA) is 68.1 Å². The number of rotatable bonds is 4. The van der Waals surface area contributed by atoms with Crippen molar-refractivity contribution in [2.75, 3.05) is 5.32 Å². The van der Waals surface area contributed by atoms with E-state index in [1.807, 2.05) is 0 Å². The largest absolute Gasteiger partial charge is 0.379 e. The lowest BCUT2D eigenvalue weighted by Crippen LogP contribution is -2.03. The maximum absolute atomic E-state index is 12.6. The van der Waals surface area contributed by atoms with Gasteiger partial charge in [-0.05, 0) is 24.3 Å². The summed E-state index contributed by atoms with van der Waals surface area (Å²) in [6, 6.07) is 7.46. The third-order valence-corrected chi connectivity index (χ3v) is 2.94. The van der Waals surface area contributed by atoms with Crippen molar-refractivity contribution in [3.05, 3.63) is 62.6 Å². The first-order valence-electron chi connectivity index (χ1n) is 5.34. The molecular weight excluding hydrogens is 317 g/mol. The van der Waals surface area contributed by atoms with Crippen LogP contribution in [0.5, 0.6) is 0 Å². The third kappa shape index (κ3) is 3.47. The molecule has 98 valence electrons. The van der Waals surface area contributed by atoms with Crippen LogP contribution in [0.15, 0.2) is 41.0 Å². The van der Waals surface area contributed by atoms with Crippen LogP contribution >= 0.6 is 15.9 Å². The minimum absolute atomic E-state index is 0.0331. The van der Waals surface area contributed by atoms with Crippen molar-refractivity contribution >= 4 is 27.3 Å². The Morgan fingerprint density at radius 3 is 2.79 bits per heavy atom. The average molecular weight is 326 g/mol. The second kappa shape index (κ2) is 5.75. The van der Waals surface area contributed by atoms with Crippen LogP contribution in [-0.4, -0.2) is 9.91 Å². The molecule has 0 aliphatic heterocycles. The molecule has 0 aliphatic carbocycles. The zero-order valence-corrected chi connectivity index (χ0v) is 11.2. The van der Waals surface area contributed by atoms with Crippen molar-refractivity contribution < 1.29 is 9.31 Å². The van der Waals surface area contributed by atoms with Gasteiger partial charge in [0.15, 0.2) is 0 Å². The van der Waals surface area contributed by atoms with Gasteiger partial charge >= 0.3 is 0 Å². The quantitative estimate of drug-likeness (QED) is 0.530. The van der Waals surface area contributed by atoms with Gasteiger partial charge in [-0.3, -0.25) is 10.1 Å². The van der Waals surface area contributed by atoms with Crippen LogP contribution in [-0.2, 0) is 6.54 Å². The standard InChI is InChI=1S/C12H9BrFN3O2/c13-9-1-3-11(17(18)19)8(5-9)6-15-10-2-4-12(14)16-7-10/h1-5,7,15H,6H2. The molecule has 1 N–H and O–H groups in total. The Morgan fingerprint density at radius 1 is 1.37 bits per heavy atom. The van der Waals surface area contributed by atoms with Crippen molar-refractivity contribution in [1.29, 1.82) is 0 Å². The lowest BCUT2D eigenvalue weighted by atomic mass is 10.2. The van der Waals surface area contributed by atoms with Crippen molar-refractivity contribution in [1.82, 2.24) is 4.98 Å². The molecule has 0 spiro atoms. The molecule has 0 fully saturated rings.